The minimum Gasteiger partial charge on any atom is -0.267 e. The third-order valence-electron chi connectivity index (χ3n) is 3.36. The highest BCUT2D eigenvalue weighted by Crippen LogP contribution is 2.38. The molecule has 0 saturated heterocycles. The molecule has 21 heavy (non-hydrogen) atoms. The molecule has 3 nitrogen and oxygen atoms in total. The highest BCUT2D eigenvalue weighted by atomic mass is 19.4. The molecule has 0 atom stereocenters. The standard InChI is InChI=1S/C15H12F3N3/c1-9-7-12(15(16,17)18)11(8-19-9)14-10-5-3-4-6-13(10)21(2)20-14/h3-8H,1-2H3. The van der Waals surface area contributed by atoms with E-state index in [1.807, 2.05) is 12.1 Å². The summed E-state index contributed by atoms with van der Waals surface area (Å²) in [4.78, 5) is 4.00. The molecule has 3 aromatic rings. The van der Waals surface area contributed by atoms with Crippen LogP contribution in [0.15, 0.2) is 36.5 Å². The maximum atomic E-state index is 13.3. The lowest BCUT2D eigenvalue weighted by Crippen LogP contribution is -2.08. The van der Waals surface area contributed by atoms with Gasteiger partial charge in [0.2, 0.25) is 0 Å². The number of hydrogen-bond acceptors (Lipinski definition) is 2. The summed E-state index contributed by atoms with van der Waals surface area (Å²) in [6.07, 6.45) is -3.20. The summed E-state index contributed by atoms with van der Waals surface area (Å²) < 4.78 is 41.3. The van der Waals surface area contributed by atoms with E-state index < -0.39 is 11.7 Å². The van der Waals surface area contributed by atoms with Crippen molar-refractivity contribution in [2.45, 2.75) is 13.1 Å². The van der Waals surface area contributed by atoms with Crippen LogP contribution in [0.5, 0.6) is 0 Å². The minimum atomic E-state index is -4.44. The van der Waals surface area contributed by atoms with Crippen molar-refractivity contribution >= 4 is 10.9 Å². The van der Waals surface area contributed by atoms with E-state index in [1.54, 1.807) is 23.9 Å². The summed E-state index contributed by atoms with van der Waals surface area (Å²) in [6, 6.07) is 8.24. The second-order valence-electron chi connectivity index (χ2n) is 4.86. The van der Waals surface area contributed by atoms with E-state index in [0.29, 0.717) is 16.8 Å². The van der Waals surface area contributed by atoms with Crippen LogP contribution in [0.1, 0.15) is 11.3 Å². The molecule has 1 aromatic carbocycles. The van der Waals surface area contributed by atoms with Crippen molar-refractivity contribution in [2.24, 2.45) is 7.05 Å². The first-order valence-electron chi connectivity index (χ1n) is 6.34. The molecule has 0 aliphatic carbocycles. The summed E-state index contributed by atoms with van der Waals surface area (Å²) in [6.45, 7) is 1.54. The summed E-state index contributed by atoms with van der Waals surface area (Å²) in [5, 5.41) is 4.92. The van der Waals surface area contributed by atoms with E-state index in [0.717, 1.165) is 11.6 Å². The van der Waals surface area contributed by atoms with E-state index in [-0.39, 0.29) is 5.56 Å². The maximum absolute atomic E-state index is 13.3. The number of para-hydroxylation sites is 1. The van der Waals surface area contributed by atoms with Gasteiger partial charge in [0.05, 0.1) is 11.1 Å². The lowest BCUT2D eigenvalue weighted by atomic mass is 10.0. The molecular formula is C15H12F3N3. The Morgan fingerprint density at radius 1 is 1.14 bits per heavy atom. The summed E-state index contributed by atoms with van der Waals surface area (Å²) in [5.41, 5.74) is 0.698. The third kappa shape index (κ3) is 2.26. The number of rotatable bonds is 1. The van der Waals surface area contributed by atoms with Crippen molar-refractivity contribution in [1.82, 2.24) is 14.8 Å². The van der Waals surface area contributed by atoms with Gasteiger partial charge in [-0.1, -0.05) is 18.2 Å². The summed E-state index contributed by atoms with van der Waals surface area (Å²) >= 11 is 0. The Morgan fingerprint density at radius 3 is 2.57 bits per heavy atom. The molecule has 0 radical (unpaired) electrons. The van der Waals surface area contributed by atoms with Crippen LogP contribution in [-0.4, -0.2) is 14.8 Å². The van der Waals surface area contributed by atoms with Gasteiger partial charge in [-0.2, -0.15) is 18.3 Å². The first-order valence-corrected chi connectivity index (χ1v) is 6.34. The Morgan fingerprint density at radius 2 is 1.86 bits per heavy atom. The van der Waals surface area contributed by atoms with Gasteiger partial charge in [-0.25, -0.2) is 0 Å². The lowest BCUT2D eigenvalue weighted by molar-refractivity contribution is -0.137. The zero-order valence-corrected chi connectivity index (χ0v) is 11.4. The van der Waals surface area contributed by atoms with Gasteiger partial charge in [-0.15, -0.1) is 0 Å². The van der Waals surface area contributed by atoms with Gasteiger partial charge in [-0.05, 0) is 19.1 Å². The highest BCUT2D eigenvalue weighted by molar-refractivity contribution is 5.94. The van der Waals surface area contributed by atoms with Crippen LogP contribution in [0.25, 0.3) is 22.2 Å². The van der Waals surface area contributed by atoms with E-state index in [4.69, 9.17) is 0 Å². The highest BCUT2D eigenvalue weighted by Gasteiger charge is 2.35. The quantitative estimate of drug-likeness (QED) is 0.679. The largest absolute Gasteiger partial charge is 0.417 e. The Hall–Kier alpha value is -2.37. The van der Waals surface area contributed by atoms with Crippen LogP contribution in [0, 0.1) is 6.92 Å². The molecule has 0 saturated carbocycles. The smallest absolute Gasteiger partial charge is 0.267 e. The predicted molar refractivity (Wildman–Crippen MR) is 73.7 cm³/mol. The van der Waals surface area contributed by atoms with Crippen molar-refractivity contribution in [3.63, 3.8) is 0 Å². The van der Waals surface area contributed by atoms with Crippen molar-refractivity contribution in [1.29, 1.82) is 0 Å². The zero-order valence-electron chi connectivity index (χ0n) is 11.4. The van der Waals surface area contributed by atoms with Gasteiger partial charge in [0.15, 0.2) is 0 Å². The Labute approximate surface area is 119 Å². The normalized spacial score (nSPS) is 12.0. The Balaban J connectivity index is 2.34. The zero-order chi connectivity index (χ0) is 15.2. The molecule has 0 spiro atoms. The van der Waals surface area contributed by atoms with Gasteiger partial charge in [0.1, 0.15) is 5.69 Å². The number of fused-ring (bicyclic) bond motifs is 1. The number of aryl methyl sites for hydroxylation is 2. The SMILES string of the molecule is Cc1cc(C(F)(F)F)c(-c2nn(C)c3ccccc23)cn1. The van der Waals surface area contributed by atoms with Crippen LogP contribution in [-0.2, 0) is 13.2 Å². The van der Waals surface area contributed by atoms with Crippen LogP contribution < -0.4 is 0 Å². The molecule has 2 aromatic heterocycles. The third-order valence-corrected chi connectivity index (χ3v) is 3.36. The average molecular weight is 291 g/mol. The number of hydrogen-bond donors (Lipinski definition) is 0. The fourth-order valence-corrected chi connectivity index (χ4v) is 2.40. The van der Waals surface area contributed by atoms with Crippen molar-refractivity contribution in [2.75, 3.05) is 0 Å². The van der Waals surface area contributed by atoms with Crippen molar-refractivity contribution in [3.05, 3.63) is 47.8 Å². The summed E-state index contributed by atoms with van der Waals surface area (Å²) in [5.74, 6) is 0. The predicted octanol–water partition coefficient (Wildman–Crippen LogP) is 3.96. The second-order valence-corrected chi connectivity index (χ2v) is 4.86. The number of nitrogens with zero attached hydrogens (tertiary/aromatic N) is 3. The van der Waals surface area contributed by atoms with Crippen LogP contribution in [0.4, 0.5) is 13.2 Å². The molecule has 108 valence electrons. The number of alkyl halides is 3. The topological polar surface area (TPSA) is 30.7 Å². The Kier molecular flexibility index (Phi) is 2.97. The van der Waals surface area contributed by atoms with Gasteiger partial charge in [-0.3, -0.25) is 9.67 Å². The van der Waals surface area contributed by atoms with Crippen LogP contribution in [0.2, 0.25) is 0 Å². The fraction of sp³-hybridized carbons (Fsp3) is 0.200. The molecule has 3 rings (SSSR count). The first-order chi connectivity index (χ1) is 9.88. The number of halogens is 3. The van der Waals surface area contributed by atoms with E-state index in [9.17, 15) is 13.2 Å². The van der Waals surface area contributed by atoms with E-state index in [1.165, 1.54) is 13.1 Å². The Bertz CT molecular complexity index is 819. The molecule has 0 bridgehead atoms. The molecule has 0 unspecified atom stereocenters. The average Bonchev–Trinajstić information content (AvgIpc) is 2.76. The molecule has 0 amide bonds. The number of pyridine rings is 1. The van der Waals surface area contributed by atoms with Crippen molar-refractivity contribution < 1.29 is 13.2 Å². The molecule has 0 aliphatic heterocycles. The van der Waals surface area contributed by atoms with Gasteiger partial charge in [0.25, 0.3) is 0 Å². The molecular weight excluding hydrogens is 279 g/mol. The fourth-order valence-electron chi connectivity index (χ4n) is 2.40. The van der Waals surface area contributed by atoms with Crippen molar-refractivity contribution in [3.8, 4) is 11.3 Å². The molecule has 2 heterocycles. The van der Waals surface area contributed by atoms with Gasteiger partial charge < -0.3 is 0 Å². The van der Waals surface area contributed by atoms with E-state index in [2.05, 4.69) is 10.1 Å². The second kappa shape index (κ2) is 4.58. The number of benzene rings is 1. The first kappa shape index (κ1) is 13.6. The van der Waals surface area contributed by atoms with Crippen LogP contribution in [0.3, 0.4) is 0 Å². The number of aromatic nitrogens is 3. The van der Waals surface area contributed by atoms with Gasteiger partial charge >= 0.3 is 6.18 Å². The molecule has 0 N–H and O–H groups in total. The molecule has 0 fully saturated rings. The molecule has 0 aliphatic rings. The monoisotopic (exact) mass is 291 g/mol. The lowest BCUT2D eigenvalue weighted by Gasteiger charge is -2.12. The van der Waals surface area contributed by atoms with Gasteiger partial charge in [0, 0.05) is 29.9 Å². The van der Waals surface area contributed by atoms with E-state index >= 15 is 0 Å². The molecule has 6 heteroatoms. The summed E-state index contributed by atoms with van der Waals surface area (Å²) in [7, 11) is 1.71. The maximum Gasteiger partial charge on any atom is 0.417 e. The minimum absolute atomic E-state index is 0.00454. The van der Waals surface area contributed by atoms with Crippen LogP contribution >= 0.6 is 0 Å².